The second-order valence-corrected chi connectivity index (χ2v) is 8.72. The fourth-order valence-corrected chi connectivity index (χ4v) is 3.86. The van der Waals surface area contributed by atoms with Gasteiger partial charge in [-0.05, 0) is 43.2 Å². The van der Waals surface area contributed by atoms with Crippen LogP contribution in [-0.2, 0) is 10.0 Å². The summed E-state index contributed by atoms with van der Waals surface area (Å²) in [6.45, 7) is 1.42. The van der Waals surface area contributed by atoms with Crippen LogP contribution in [0.4, 0.5) is 11.4 Å². The maximum absolute atomic E-state index is 12.7. The predicted molar refractivity (Wildman–Crippen MR) is 109 cm³/mol. The van der Waals surface area contributed by atoms with Crippen LogP contribution in [0.3, 0.4) is 0 Å². The van der Waals surface area contributed by atoms with Gasteiger partial charge in [-0.25, -0.2) is 8.42 Å². The highest BCUT2D eigenvalue weighted by Crippen LogP contribution is 2.25. The number of hydrogen-bond donors (Lipinski definition) is 2. The number of carbonyl (C=O) groups excluding carboxylic acids is 2. The molecule has 1 fully saturated rings. The predicted octanol–water partition coefficient (Wildman–Crippen LogP) is 3.20. The lowest BCUT2D eigenvalue weighted by molar-refractivity contribution is 0.0794. The van der Waals surface area contributed by atoms with Crippen LogP contribution < -0.4 is 10.0 Å². The normalized spacial score (nSPS) is 14.0. The summed E-state index contributed by atoms with van der Waals surface area (Å²) in [6, 6.07) is 11.1. The monoisotopic (exact) mass is 421 g/mol. The zero-order chi connectivity index (χ0) is 20.3. The van der Waals surface area contributed by atoms with Crippen molar-refractivity contribution in [2.75, 3.05) is 29.4 Å². The number of likely N-dealkylation sites (tertiary alicyclic amines) is 1. The second kappa shape index (κ2) is 8.20. The van der Waals surface area contributed by atoms with Crippen LogP contribution in [0.15, 0.2) is 42.5 Å². The van der Waals surface area contributed by atoms with Crippen LogP contribution >= 0.6 is 11.6 Å². The Morgan fingerprint density at radius 2 is 1.71 bits per heavy atom. The van der Waals surface area contributed by atoms with E-state index in [1.807, 2.05) is 0 Å². The van der Waals surface area contributed by atoms with Crippen molar-refractivity contribution in [3.05, 3.63) is 58.6 Å². The largest absolute Gasteiger partial charge is 0.339 e. The van der Waals surface area contributed by atoms with Crippen LogP contribution in [0.1, 0.15) is 33.6 Å². The molecule has 3 rings (SSSR count). The Kier molecular flexibility index (Phi) is 5.90. The van der Waals surface area contributed by atoms with E-state index in [2.05, 4.69) is 10.0 Å². The smallest absolute Gasteiger partial charge is 0.257 e. The summed E-state index contributed by atoms with van der Waals surface area (Å²) < 4.78 is 24.9. The van der Waals surface area contributed by atoms with Crippen LogP contribution in [0.2, 0.25) is 5.02 Å². The molecule has 0 atom stereocenters. The first-order chi connectivity index (χ1) is 13.2. The molecule has 2 amide bonds. The number of hydrogen-bond acceptors (Lipinski definition) is 4. The van der Waals surface area contributed by atoms with E-state index in [-0.39, 0.29) is 22.2 Å². The minimum Gasteiger partial charge on any atom is -0.339 e. The third-order valence-corrected chi connectivity index (χ3v) is 5.24. The number of carbonyl (C=O) groups is 2. The van der Waals surface area contributed by atoms with Gasteiger partial charge in [0.15, 0.2) is 0 Å². The molecule has 1 aliphatic heterocycles. The summed E-state index contributed by atoms with van der Waals surface area (Å²) in [6.07, 6.45) is 2.98. The quantitative estimate of drug-likeness (QED) is 0.774. The zero-order valence-electron chi connectivity index (χ0n) is 15.2. The van der Waals surface area contributed by atoms with Crippen molar-refractivity contribution in [1.29, 1.82) is 0 Å². The van der Waals surface area contributed by atoms with Crippen molar-refractivity contribution in [2.24, 2.45) is 0 Å². The summed E-state index contributed by atoms with van der Waals surface area (Å²) in [7, 11) is -3.45. The van der Waals surface area contributed by atoms with Crippen molar-refractivity contribution in [1.82, 2.24) is 4.90 Å². The van der Waals surface area contributed by atoms with Crippen molar-refractivity contribution < 1.29 is 18.0 Å². The fourth-order valence-electron chi connectivity index (χ4n) is 3.04. The molecule has 0 spiro atoms. The summed E-state index contributed by atoms with van der Waals surface area (Å²) >= 11 is 6.15. The molecular formula is C19H20ClN3O4S. The van der Waals surface area contributed by atoms with Gasteiger partial charge in [0.2, 0.25) is 10.0 Å². The molecular weight excluding hydrogens is 402 g/mol. The SMILES string of the molecule is CS(=O)(=O)Nc1ccc(C(=O)Nc2ccccc2C(=O)N2CCCC2)c(Cl)c1. The van der Waals surface area contributed by atoms with Gasteiger partial charge in [0, 0.05) is 18.8 Å². The molecule has 0 aliphatic carbocycles. The van der Waals surface area contributed by atoms with Crippen molar-refractivity contribution in [2.45, 2.75) is 12.8 Å². The van der Waals surface area contributed by atoms with E-state index in [1.54, 1.807) is 29.2 Å². The molecule has 28 heavy (non-hydrogen) atoms. The molecule has 2 aromatic rings. The molecule has 1 saturated heterocycles. The highest BCUT2D eigenvalue weighted by Gasteiger charge is 2.23. The van der Waals surface area contributed by atoms with Gasteiger partial charge in [-0.15, -0.1) is 0 Å². The number of benzene rings is 2. The molecule has 0 unspecified atom stereocenters. The molecule has 9 heteroatoms. The number of halogens is 1. The summed E-state index contributed by atoms with van der Waals surface area (Å²) in [4.78, 5) is 27.1. The van der Waals surface area contributed by atoms with E-state index >= 15 is 0 Å². The summed E-state index contributed by atoms with van der Waals surface area (Å²) in [5.41, 5.74) is 1.25. The van der Waals surface area contributed by atoms with Gasteiger partial charge < -0.3 is 10.2 Å². The lowest BCUT2D eigenvalue weighted by Crippen LogP contribution is -2.28. The number of rotatable bonds is 5. The van der Waals surface area contributed by atoms with Gasteiger partial charge in [-0.3, -0.25) is 14.3 Å². The average molecular weight is 422 g/mol. The lowest BCUT2D eigenvalue weighted by atomic mass is 10.1. The van der Waals surface area contributed by atoms with E-state index in [0.29, 0.717) is 24.3 Å². The molecule has 0 bridgehead atoms. The molecule has 1 aliphatic rings. The van der Waals surface area contributed by atoms with Crippen LogP contribution in [-0.4, -0.2) is 44.5 Å². The average Bonchev–Trinajstić information content (AvgIpc) is 3.15. The minimum absolute atomic E-state index is 0.0921. The number of sulfonamides is 1. The van der Waals surface area contributed by atoms with Gasteiger partial charge >= 0.3 is 0 Å². The molecule has 148 valence electrons. The molecule has 0 aromatic heterocycles. The Morgan fingerprint density at radius 3 is 2.36 bits per heavy atom. The Labute approximate surface area is 168 Å². The van der Waals surface area contributed by atoms with Gasteiger partial charge in [-0.2, -0.15) is 0 Å². The Morgan fingerprint density at radius 1 is 1.04 bits per heavy atom. The maximum atomic E-state index is 12.7. The number of para-hydroxylation sites is 1. The van der Waals surface area contributed by atoms with Gasteiger partial charge in [0.25, 0.3) is 11.8 Å². The fraction of sp³-hybridized carbons (Fsp3) is 0.263. The van der Waals surface area contributed by atoms with E-state index in [0.717, 1.165) is 19.1 Å². The highest BCUT2D eigenvalue weighted by atomic mass is 35.5. The number of nitrogens with one attached hydrogen (secondary N) is 2. The van der Waals surface area contributed by atoms with Crippen LogP contribution in [0.25, 0.3) is 0 Å². The standard InChI is InChI=1S/C19H20ClN3O4S/c1-28(26,27)22-13-8-9-14(16(20)12-13)18(24)21-17-7-3-2-6-15(17)19(25)23-10-4-5-11-23/h2-3,6-9,12,22H,4-5,10-11H2,1H3,(H,21,24). The first-order valence-corrected chi connectivity index (χ1v) is 11.0. The zero-order valence-corrected chi connectivity index (χ0v) is 16.8. The third kappa shape index (κ3) is 4.82. The Bertz CT molecular complexity index is 1020. The minimum atomic E-state index is -3.45. The number of nitrogens with zero attached hydrogens (tertiary/aromatic N) is 1. The van der Waals surface area contributed by atoms with Crippen molar-refractivity contribution in [3.8, 4) is 0 Å². The van der Waals surface area contributed by atoms with Crippen molar-refractivity contribution in [3.63, 3.8) is 0 Å². The first-order valence-electron chi connectivity index (χ1n) is 8.71. The highest BCUT2D eigenvalue weighted by molar-refractivity contribution is 7.92. The molecule has 7 nitrogen and oxygen atoms in total. The Balaban J connectivity index is 1.81. The Hall–Kier alpha value is -2.58. The number of amides is 2. The van der Waals surface area contributed by atoms with Gasteiger partial charge in [0.05, 0.1) is 28.1 Å². The number of anilines is 2. The van der Waals surface area contributed by atoms with Crippen molar-refractivity contribution >= 4 is 44.8 Å². The lowest BCUT2D eigenvalue weighted by Gasteiger charge is -2.18. The van der Waals surface area contributed by atoms with E-state index in [4.69, 9.17) is 11.6 Å². The second-order valence-electron chi connectivity index (χ2n) is 6.57. The molecule has 0 saturated carbocycles. The third-order valence-electron chi connectivity index (χ3n) is 4.32. The molecule has 1 heterocycles. The van der Waals surface area contributed by atoms with Gasteiger partial charge in [0.1, 0.15) is 0 Å². The summed E-state index contributed by atoms with van der Waals surface area (Å²) in [5, 5.41) is 2.82. The van der Waals surface area contributed by atoms with Gasteiger partial charge in [-0.1, -0.05) is 23.7 Å². The molecule has 0 radical (unpaired) electrons. The first kappa shape index (κ1) is 20.2. The van der Waals surface area contributed by atoms with E-state index in [1.165, 1.54) is 18.2 Å². The van der Waals surface area contributed by atoms with Crippen LogP contribution in [0.5, 0.6) is 0 Å². The molecule has 2 N–H and O–H groups in total. The molecule has 2 aromatic carbocycles. The van der Waals surface area contributed by atoms with E-state index < -0.39 is 15.9 Å². The van der Waals surface area contributed by atoms with E-state index in [9.17, 15) is 18.0 Å². The van der Waals surface area contributed by atoms with Crippen LogP contribution in [0, 0.1) is 0 Å². The maximum Gasteiger partial charge on any atom is 0.257 e. The topological polar surface area (TPSA) is 95.6 Å². The summed E-state index contributed by atoms with van der Waals surface area (Å²) in [5.74, 6) is -0.607.